The van der Waals surface area contributed by atoms with E-state index in [0.29, 0.717) is 18.0 Å². The van der Waals surface area contributed by atoms with Gasteiger partial charge in [-0.1, -0.05) is 85.4 Å². The normalized spacial score (nSPS) is 12.2. The summed E-state index contributed by atoms with van der Waals surface area (Å²) in [7, 11) is -4.22. The second-order valence-electron chi connectivity index (χ2n) is 10.1. The lowest BCUT2D eigenvalue weighted by atomic mass is 10.1. The fraction of sp³-hybridized carbons (Fsp3) is 0.333. The molecule has 0 saturated heterocycles. The summed E-state index contributed by atoms with van der Waals surface area (Å²) in [5.41, 5.74) is 1.78. The molecule has 2 amide bonds. The van der Waals surface area contributed by atoms with Crippen LogP contribution in [0.15, 0.2) is 71.6 Å². The third-order valence-electron chi connectivity index (χ3n) is 6.42. The van der Waals surface area contributed by atoms with E-state index in [1.807, 2.05) is 27.7 Å². The van der Waals surface area contributed by atoms with Crippen molar-refractivity contribution in [3.05, 3.63) is 92.9 Å². The van der Waals surface area contributed by atoms with E-state index in [1.54, 1.807) is 36.4 Å². The van der Waals surface area contributed by atoms with Crippen LogP contribution in [0.1, 0.15) is 38.3 Å². The van der Waals surface area contributed by atoms with Gasteiger partial charge in [0.1, 0.15) is 12.6 Å². The Morgan fingerprint density at radius 2 is 1.54 bits per heavy atom. The third kappa shape index (κ3) is 8.61. The lowest BCUT2D eigenvalue weighted by molar-refractivity contribution is -0.140. The summed E-state index contributed by atoms with van der Waals surface area (Å²) >= 11 is 18.4. The Bertz CT molecular complexity index is 1460. The summed E-state index contributed by atoms with van der Waals surface area (Å²) in [4.78, 5) is 28.8. The van der Waals surface area contributed by atoms with Crippen molar-refractivity contribution in [3.8, 4) is 0 Å². The van der Waals surface area contributed by atoms with Crippen molar-refractivity contribution < 1.29 is 18.0 Å². The van der Waals surface area contributed by atoms with Gasteiger partial charge in [0.05, 0.1) is 20.6 Å². The maximum atomic E-state index is 14.1. The SMILES string of the molecule is CCC(C(=O)NCC(C)C)N(Cc1ccc(Cl)cc1)C(=O)CN(c1ccc(Cl)c(Cl)c1)S(=O)(=O)c1ccc(C)cc1. The number of benzene rings is 3. The van der Waals surface area contributed by atoms with E-state index in [2.05, 4.69) is 5.32 Å². The van der Waals surface area contributed by atoms with E-state index in [1.165, 1.54) is 35.2 Å². The summed E-state index contributed by atoms with van der Waals surface area (Å²) in [6.07, 6.45) is 0.320. The Morgan fingerprint density at radius 3 is 2.10 bits per heavy atom. The molecule has 1 unspecified atom stereocenters. The summed E-state index contributed by atoms with van der Waals surface area (Å²) in [5, 5.41) is 3.82. The molecule has 0 aliphatic carbocycles. The molecule has 0 radical (unpaired) electrons. The van der Waals surface area contributed by atoms with Gasteiger partial charge < -0.3 is 10.2 Å². The van der Waals surface area contributed by atoms with Crippen molar-refractivity contribution in [1.82, 2.24) is 10.2 Å². The topological polar surface area (TPSA) is 86.8 Å². The zero-order valence-electron chi connectivity index (χ0n) is 23.4. The first-order chi connectivity index (χ1) is 19.3. The molecule has 0 saturated carbocycles. The number of halogens is 3. The number of nitrogens with zero attached hydrogens (tertiary/aromatic N) is 2. The number of anilines is 1. The van der Waals surface area contributed by atoms with Gasteiger partial charge in [0, 0.05) is 18.1 Å². The molecule has 0 heterocycles. The van der Waals surface area contributed by atoms with Gasteiger partial charge in [-0.3, -0.25) is 13.9 Å². The Balaban J connectivity index is 2.06. The number of rotatable bonds is 12. The van der Waals surface area contributed by atoms with Crippen molar-refractivity contribution in [2.45, 2.75) is 51.6 Å². The fourth-order valence-corrected chi connectivity index (χ4v) is 5.96. The van der Waals surface area contributed by atoms with Crippen LogP contribution in [-0.2, 0) is 26.2 Å². The lowest BCUT2D eigenvalue weighted by Gasteiger charge is -2.33. The van der Waals surface area contributed by atoms with E-state index in [-0.39, 0.29) is 39.0 Å². The molecule has 41 heavy (non-hydrogen) atoms. The van der Waals surface area contributed by atoms with Crippen LogP contribution < -0.4 is 9.62 Å². The number of aryl methyl sites for hydroxylation is 1. The molecule has 11 heteroatoms. The average molecular weight is 639 g/mol. The second-order valence-corrected chi connectivity index (χ2v) is 13.2. The summed E-state index contributed by atoms with van der Waals surface area (Å²) < 4.78 is 28.9. The molecule has 3 aromatic rings. The molecule has 0 spiro atoms. The molecule has 1 atom stereocenters. The van der Waals surface area contributed by atoms with Gasteiger partial charge in [0.25, 0.3) is 10.0 Å². The summed E-state index contributed by atoms with van der Waals surface area (Å²) in [5.74, 6) is -0.666. The number of carbonyl (C=O) groups excluding carboxylic acids is 2. The first-order valence-corrected chi connectivity index (χ1v) is 15.8. The minimum Gasteiger partial charge on any atom is -0.354 e. The molecular weight excluding hydrogens is 605 g/mol. The maximum absolute atomic E-state index is 14.1. The van der Waals surface area contributed by atoms with Gasteiger partial charge in [-0.05, 0) is 67.3 Å². The van der Waals surface area contributed by atoms with E-state index in [0.717, 1.165) is 15.4 Å². The van der Waals surface area contributed by atoms with Crippen molar-refractivity contribution >= 4 is 62.3 Å². The van der Waals surface area contributed by atoms with E-state index >= 15 is 0 Å². The Morgan fingerprint density at radius 1 is 0.902 bits per heavy atom. The molecule has 0 aliphatic heterocycles. The first kappa shape index (κ1) is 32.7. The number of hydrogen-bond acceptors (Lipinski definition) is 4. The highest BCUT2D eigenvalue weighted by atomic mass is 35.5. The molecule has 3 aromatic carbocycles. The quantitative estimate of drug-likeness (QED) is 0.238. The third-order valence-corrected chi connectivity index (χ3v) is 9.19. The Labute approximate surface area is 257 Å². The zero-order valence-corrected chi connectivity index (χ0v) is 26.5. The van der Waals surface area contributed by atoms with Crippen LogP contribution in [0.4, 0.5) is 5.69 Å². The molecule has 0 aromatic heterocycles. The molecule has 3 rings (SSSR count). The summed E-state index contributed by atoms with van der Waals surface area (Å²) in [6.45, 7) is 7.54. The number of amides is 2. The molecule has 1 N–H and O–H groups in total. The van der Waals surface area contributed by atoms with E-state index in [9.17, 15) is 18.0 Å². The molecular formula is C30H34Cl3N3O4S. The highest BCUT2D eigenvalue weighted by Gasteiger charge is 2.34. The van der Waals surface area contributed by atoms with Gasteiger partial charge in [0.15, 0.2) is 0 Å². The van der Waals surface area contributed by atoms with E-state index < -0.39 is 28.5 Å². The van der Waals surface area contributed by atoms with Gasteiger partial charge in [-0.25, -0.2) is 8.42 Å². The minimum absolute atomic E-state index is 0.00735. The Hall–Kier alpha value is -2.78. The molecule has 0 aliphatic rings. The number of nitrogens with one attached hydrogen (secondary N) is 1. The zero-order chi connectivity index (χ0) is 30.3. The average Bonchev–Trinajstić information content (AvgIpc) is 2.93. The van der Waals surface area contributed by atoms with Crippen LogP contribution in [0.25, 0.3) is 0 Å². The smallest absolute Gasteiger partial charge is 0.264 e. The predicted molar refractivity (Wildman–Crippen MR) is 166 cm³/mol. The van der Waals surface area contributed by atoms with Crippen LogP contribution in [0.2, 0.25) is 15.1 Å². The predicted octanol–water partition coefficient (Wildman–Crippen LogP) is 6.73. The standard InChI is InChI=1S/C30H34Cl3N3O4S/c1-5-28(30(38)34-17-20(2)3)35(18-22-8-10-23(31)11-9-22)29(37)19-36(24-12-15-26(32)27(33)16-24)41(39,40)25-13-6-21(4)7-14-25/h6-16,20,28H,5,17-19H2,1-4H3,(H,34,38). The van der Waals surface area contributed by atoms with Gasteiger partial charge in [-0.15, -0.1) is 0 Å². The number of carbonyl (C=O) groups is 2. The van der Waals surface area contributed by atoms with Crippen LogP contribution in [0, 0.1) is 12.8 Å². The van der Waals surface area contributed by atoms with Crippen molar-refractivity contribution in [3.63, 3.8) is 0 Å². The highest BCUT2D eigenvalue weighted by molar-refractivity contribution is 7.92. The van der Waals surface area contributed by atoms with Gasteiger partial charge in [0.2, 0.25) is 11.8 Å². The van der Waals surface area contributed by atoms with Gasteiger partial charge in [-0.2, -0.15) is 0 Å². The van der Waals surface area contributed by atoms with Crippen molar-refractivity contribution in [1.29, 1.82) is 0 Å². The van der Waals surface area contributed by atoms with Crippen molar-refractivity contribution in [2.24, 2.45) is 5.92 Å². The first-order valence-electron chi connectivity index (χ1n) is 13.2. The highest BCUT2D eigenvalue weighted by Crippen LogP contribution is 2.31. The number of hydrogen-bond donors (Lipinski definition) is 1. The van der Waals surface area contributed by atoms with Crippen molar-refractivity contribution in [2.75, 3.05) is 17.4 Å². The molecule has 220 valence electrons. The molecule has 0 fully saturated rings. The molecule has 0 bridgehead atoms. The van der Waals surface area contributed by atoms with Gasteiger partial charge >= 0.3 is 0 Å². The maximum Gasteiger partial charge on any atom is 0.264 e. The van der Waals surface area contributed by atoms with Crippen LogP contribution >= 0.6 is 34.8 Å². The molecule has 7 nitrogen and oxygen atoms in total. The van der Waals surface area contributed by atoms with Crippen LogP contribution in [0.3, 0.4) is 0 Å². The monoisotopic (exact) mass is 637 g/mol. The second kappa shape index (κ2) is 14.4. The minimum atomic E-state index is -4.22. The Kier molecular flexibility index (Phi) is 11.5. The lowest BCUT2D eigenvalue weighted by Crippen LogP contribution is -2.52. The number of sulfonamides is 1. The van der Waals surface area contributed by atoms with Crippen LogP contribution in [-0.4, -0.2) is 44.3 Å². The largest absolute Gasteiger partial charge is 0.354 e. The summed E-state index contributed by atoms with van der Waals surface area (Å²) in [6, 6.07) is 16.8. The fourth-order valence-electron chi connectivity index (χ4n) is 4.13. The van der Waals surface area contributed by atoms with Crippen LogP contribution in [0.5, 0.6) is 0 Å². The van der Waals surface area contributed by atoms with E-state index in [4.69, 9.17) is 34.8 Å².